The average molecular weight is 285 g/mol. The van der Waals surface area contributed by atoms with Crippen molar-refractivity contribution in [2.24, 2.45) is 5.41 Å². The van der Waals surface area contributed by atoms with Crippen molar-refractivity contribution in [2.75, 3.05) is 6.54 Å². The number of rotatable bonds is 4. The van der Waals surface area contributed by atoms with E-state index in [1.54, 1.807) is 12.1 Å². The Hall–Kier alpha value is -1.03. The maximum atomic E-state index is 12.5. The van der Waals surface area contributed by atoms with Crippen LogP contribution in [0.2, 0.25) is 0 Å². The molecule has 2 rings (SSSR count). The maximum Gasteiger partial charge on any atom is 0.416 e. The minimum atomic E-state index is -4.26. The Bertz CT molecular complexity index is 430. The Labute approximate surface area is 118 Å². The van der Waals surface area contributed by atoms with Crippen molar-refractivity contribution >= 4 is 0 Å². The van der Waals surface area contributed by atoms with E-state index in [0.717, 1.165) is 24.2 Å². The molecule has 1 saturated carbocycles. The van der Waals surface area contributed by atoms with Gasteiger partial charge >= 0.3 is 6.18 Å². The summed E-state index contributed by atoms with van der Waals surface area (Å²) < 4.78 is 37.5. The van der Waals surface area contributed by atoms with E-state index < -0.39 is 11.7 Å². The number of alkyl halides is 3. The smallest absolute Gasteiger partial charge is 0.310 e. The molecule has 1 aromatic rings. The molecule has 1 N–H and O–H groups in total. The van der Waals surface area contributed by atoms with Gasteiger partial charge in [-0.1, -0.05) is 31.9 Å². The third-order valence-electron chi connectivity index (χ3n) is 4.38. The third kappa shape index (κ3) is 3.75. The fraction of sp³-hybridized carbons (Fsp3) is 0.625. The molecule has 1 aliphatic carbocycles. The van der Waals surface area contributed by atoms with E-state index in [1.165, 1.54) is 25.7 Å². The molecule has 0 spiro atoms. The van der Waals surface area contributed by atoms with Crippen LogP contribution in [0.4, 0.5) is 13.2 Å². The van der Waals surface area contributed by atoms with E-state index >= 15 is 0 Å². The second-order valence-corrected chi connectivity index (χ2v) is 6.24. The van der Waals surface area contributed by atoms with Crippen molar-refractivity contribution in [1.82, 2.24) is 5.32 Å². The molecule has 0 radical (unpaired) electrons. The van der Waals surface area contributed by atoms with Gasteiger partial charge in [-0.2, -0.15) is 13.2 Å². The molecule has 112 valence electrons. The lowest BCUT2D eigenvalue weighted by Gasteiger charge is -2.26. The van der Waals surface area contributed by atoms with Crippen LogP contribution in [0, 0.1) is 5.41 Å². The Morgan fingerprint density at radius 1 is 1.15 bits per heavy atom. The first kappa shape index (κ1) is 15.4. The number of hydrogen-bond donors (Lipinski definition) is 1. The maximum absolute atomic E-state index is 12.5. The van der Waals surface area contributed by atoms with E-state index in [9.17, 15) is 13.2 Å². The molecular weight excluding hydrogens is 263 g/mol. The highest BCUT2D eigenvalue weighted by molar-refractivity contribution is 5.26. The van der Waals surface area contributed by atoms with Crippen LogP contribution in [0.15, 0.2) is 24.3 Å². The Kier molecular flexibility index (Phi) is 4.43. The molecule has 1 unspecified atom stereocenters. The normalized spacial score (nSPS) is 20.1. The lowest BCUT2D eigenvalue weighted by molar-refractivity contribution is -0.137. The number of nitrogens with one attached hydrogen (secondary N) is 1. The second kappa shape index (κ2) is 5.76. The third-order valence-corrected chi connectivity index (χ3v) is 4.38. The molecule has 20 heavy (non-hydrogen) atoms. The standard InChI is InChI=1S/C16H22F3N/c1-12(20-11-15(2)9-3-4-10-15)13-5-7-14(8-6-13)16(17,18)19/h5-8,12,20H,3-4,9-11H2,1-2H3. The zero-order valence-corrected chi connectivity index (χ0v) is 12.1. The Morgan fingerprint density at radius 3 is 2.20 bits per heavy atom. The van der Waals surface area contributed by atoms with Gasteiger partial charge in [-0.3, -0.25) is 0 Å². The van der Waals surface area contributed by atoms with Crippen molar-refractivity contribution in [3.63, 3.8) is 0 Å². The van der Waals surface area contributed by atoms with E-state index in [0.29, 0.717) is 5.41 Å². The molecule has 0 aliphatic heterocycles. The molecule has 0 heterocycles. The topological polar surface area (TPSA) is 12.0 Å². The number of benzene rings is 1. The number of hydrogen-bond acceptors (Lipinski definition) is 1. The Morgan fingerprint density at radius 2 is 1.70 bits per heavy atom. The molecule has 1 nitrogen and oxygen atoms in total. The Balaban J connectivity index is 1.94. The van der Waals surface area contributed by atoms with Gasteiger partial charge in [0.25, 0.3) is 0 Å². The first-order valence-electron chi connectivity index (χ1n) is 7.21. The van der Waals surface area contributed by atoms with Crippen LogP contribution >= 0.6 is 0 Å². The van der Waals surface area contributed by atoms with Gasteiger partial charge in [0.1, 0.15) is 0 Å². The largest absolute Gasteiger partial charge is 0.416 e. The fourth-order valence-electron chi connectivity index (χ4n) is 2.88. The van der Waals surface area contributed by atoms with Crippen molar-refractivity contribution in [3.8, 4) is 0 Å². The highest BCUT2D eigenvalue weighted by atomic mass is 19.4. The van der Waals surface area contributed by atoms with Crippen LogP contribution in [0.25, 0.3) is 0 Å². The predicted molar refractivity (Wildman–Crippen MR) is 74.4 cm³/mol. The molecule has 0 amide bonds. The van der Waals surface area contributed by atoms with Gasteiger partial charge in [0.05, 0.1) is 5.56 Å². The second-order valence-electron chi connectivity index (χ2n) is 6.24. The quantitative estimate of drug-likeness (QED) is 0.826. The molecule has 1 aliphatic rings. The summed E-state index contributed by atoms with van der Waals surface area (Å²) in [5.41, 5.74) is 0.663. The summed E-state index contributed by atoms with van der Waals surface area (Å²) >= 11 is 0. The monoisotopic (exact) mass is 285 g/mol. The molecule has 4 heteroatoms. The zero-order chi connectivity index (χ0) is 14.8. The summed E-state index contributed by atoms with van der Waals surface area (Å²) in [6, 6.07) is 5.53. The summed E-state index contributed by atoms with van der Waals surface area (Å²) in [4.78, 5) is 0. The van der Waals surface area contributed by atoms with Crippen LogP contribution in [0.1, 0.15) is 56.7 Å². The highest BCUT2D eigenvalue weighted by Crippen LogP contribution is 2.37. The van der Waals surface area contributed by atoms with Crippen molar-refractivity contribution in [1.29, 1.82) is 0 Å². The zero-order valence-electron chi connectivity index (χ0n) is 12.1. The van der Waals surface area contributed by atoms with Crippen LogP contribution in [-0.2, 0) is 6.18 Å². The summed E-state index contributed by atoms with van der Waals surface area (Å²) in [5, 5.41) is 3.46. The number of halogens is 3. The molecular formula is C16H22F3N. The minimum Gasteiger partial charge on any atom is -0.310 e. The fourth-order valence-corrected chi connectivity index (χ4v) is 2.88. The molecule has 0 saturated heterocycles. The van der Waals surface area contributed by atoms with Gasteiger partial charge in [-0.15, -0.1) is 0 Å². The van der Waals surface area contributed by atoms with Crippen LogP contribution in [0.5, 0.6) is 0 Å². The lowest BCUT2D eigenvalue weighted by atomic mass is 9.88. The van der Waals surface area contributed by atoms with E-state index in [4.69, 9.17) is 0 Å². The molecule has 1 atom stereocenters. The highest BCUT2D eigenvalue weighted by Gasteiger charge is 2.31. The molecule has 0 bridgehead atoms. The molecule has 0 aromatic heterocycles. The van der Waals surface area contributed by atoms with Gasteiger partial charge in [0.15, 0.2) is 0 Å². The van der Waals surface area contributed by atoms with Crippen LogP contribution in [-0.4, -0.2) is 6.54 Å². The van der Waals surface area contributed by atoms with Crippen molar-refractivity contribution in [3.05, 3.63) is 35.4 Å². The molecule has 1 aromatic carbocycles. The SMILES string of the molecule is CC(NCC1(C)CCCC1)c1ccc(C(F)(F)F)cc1. The predicted octanol–water partition coefficient (Wildman–Crippen LogP) is 4.94. The van der Waals surface area contributed by atoms with Crippen molar-refractivity contribution in [2.45, 2.75) is 51.7 Å². The first-order chi connectivity index (χ1) is 9.30. The van der Waals surface area contributed by atoms with Gasteiger partial charge < -0.3 is 5.32 Å². The summed E-state index contributed by atoms with van der Waals surface area (Å²) in [7, 11) is 0. The van der Waals surface area contributed by atoms with E-state index in [2.05, 4.69) is 12.2 Å². The molecule has 1 fully saturated rings. The van der Waals surface area contributed by atoms with E-state index in [1.807, 2.05) is 6.92 Å². The van der Waals surface area contributed by atoms with Gasteiger partial charge in [0, 0.05) is 12.6 Å². The van der Waals surface area contributed by atoms with Gasteiger partial charge in [-0.05, 0) is 42.9 Å². The average Bonchev–Trinajstić information content (AvgIpc) is 2.83. The van der Waals surface area contributed by atoms with Crippen LogP contribution < -0.4 is 5.32 Å². The summed E-state index contributed by atoms with van der Waals surface area (Å²) in [5.74, 6) is 0. The summed E-state index contributed by atoms with van der Waals surface area (Å²) in [6.07, 6.45) is 0.783. The summed E-state index contributed by atoms with van der Waals surface area (Å²) in [6.45, 7) is 5.21. The van der Waals surface area contributed by atoms with E-state index in [-0.39, 0.29) is 6.04 Å². The van der Waals surface area contributed by atoms with Gasteiger partial charge in [-0.25, -0.2) is 0 Å². The van der Waals surface area contributed by atoms with Crippen molar-refractivity contribution < 1.29 is 13.2 Å². The van der Waals surface area contributed by atoms with Crippen LogP contribution in [0.3, 0.4) is 0 Å². The minimum absolute atomic E-state index is 0.0784. The van der Waals surface area contributed by atoms with Gasteiger partial charge in [0.2, 0.25) is 0 Å². The lowest BCUT2D eigenvalue weighted by Crippen LogP contribution is -2.31. The first-order valence-corrected chi connectivity index (χ1v) is 7.21.